The van der Waals surface area contributed by atoms with Crippen molar-refractivity contribution in [1.82, 2.24) is 4.31 Å². The zero-order valence-corrected chi connectivity index (χ0v) is 18.3. The second-order valence-electron chi connectivity index (χ2n) is 6.53. The first-order chi connectivity index (χ1) is 13.2. The van der Waals surface area contributed by atoms with Crippen LogP contribution in [0.1, 0.15) is 31.1 Å². The molecule has 1 aromatic heterocycles. The maximum Gasteiger partial charge on any atom is 0.271 e. The summed E-state index contributed by atoms with van der Waals surface area (Å²) < 4.78 is 61.1. The van der Waals surface area contributed by atoms with Crippen molar-refractivity contribution >= 4 is 37.1 Å². The summed E-state index contributed by atoms with van der Waals surface area (Å²) in [6.07, 6.45) is 2.63. The van der Waals surface area contributed by atoms with E-state index in [1.165, 1.54) is 28.6 Å². The molecular weight excluding hydrogens is 420 g/mol. The largest absolute Gasteiger partial charge is 0.492 e. The number of benzene rings is 1. The van der Waals surface area contributed by atoms with Gasteiger partial charge in [-0.2, -0.15) is 4.31 Å². The number of nitrogens with zero attached hydrogens (tertiary/aromatic N) is 1. The Morgan fingerprint density at radius 3 is 2.39 bits per heavy atom. The van der Waals surface area contributed by atoms with E-state index < -0.39 is 20.0 Å². The molecular formula is C18H24N2O5S3. The summed E-state index contributed by atoms with van der Waals surface area (Å²) >= 11 is 1.16. The standard InChI is InChI=1S/C18H24N2O5S3/c1-3-25-16-9-8-15(19-27(21,22)18-10-7-14(2)26-18)13-17(16)28(23,24)20-11-5-4-6-12-20/h7-10,13,19H,3-6,11-12H2,1-2H3. The number of hydrogen-bond acceptors (Lipinski definition) is 6. The summed E-state index contributed by atoms with van der Waals surface area (Å²) in [5.41, 5.74) is 0.185. The summed E-state index contributed by atoms with van der Waals surface area (Å²) in [4.78, 5) is 0.860. The van der Waals surface area contributed by atoms with E-state index in [9.17, 15) is 16.8 Å². The summed E-state index contributed by atoms with van der Waals surface area (Å²) in [6.45, 7) is 4.82. The number of piperidine rings is 1. The fourth-order valence-corrected chi connectivity index (χ4v) is 7.06. The van der Waals surface area contributed by atoms with Gasteiger partial charge in [0.05, 0.1) is 12.3 Å². The molecule has 3 rings (SSSR count). The Morgan fingerprint density at radius 2 is 1.79 bits per heavy atom. The third kappa shape index (κ3) is 4.51. The van der Waals surface area contributed by atoms with Crippen molar-refractivity contribution < 1.29 is 21.6 Å². The molecule has 1 aliphatic rings. The van der Waals surface area contributed by atoms with Crippen LogP contribution in [0.25, 0.3) is 0 Å². The molecule has 7 nitrogen and oxygen atoms in total. The molecule has 2 heterocycles. The van der Waals surface area contributed by atoms with Crippen molar-refractivity contribution in [3.05, 3.63) is 35.2 Å². The van der Waals surface area contributed by atoms with Gasteiger partial charge in [0.15, 0.2) is 0 Å². The molecule has 0 radical (unpaired) electrons. The van der Waals surface area contributed by atoms with Crippen molar-refractivity contribution in [3.8, 4) is 5.75 Å². The van der Waals surface area contributed by atoms with Crippen molar-refractivity contribution in [2.75, 3.05) is 24.4 Å². The fraction of sp³-hybridized carbons (Fsp3) is 0.444. The molecule has 0 atom stereocenters. The monoisotopic (exact) mass is 444 g/mol. The van der Waals surface area contributed by atoms with Gasteiger partial charge in [0.1, 0.15) is 14.9 Å². The van der Waals surface area contributed by atoms with Crippen LogP contribution in [0.5, 0.6) is 5.75 Å². The number of rotatable bonds is 7. The smallest absolute Gasteiger partial charge is 0.271 e. The van der Waals surface area contributed by atoms with Crippen LogP contribution in [0.15, 0.2) is 39.4 Å². The van der Waals surface area contributed by atoms with E-state index in [-0.39, 0.29) is 20.5 Å². The number of ether oxygens (including phenoxy) is 1. The van der Waals surface area contributed by atoms with Gasteiger partial charge in [-0.1, -0.05) is 6.42 Å². The van der Waals surface area contributed by atoms with E-state index in [1.54, 1.807) is 13.0 Å². The van der Waals surface area contributed by atoms with Gasteiger partial charge in [0, 0.05) is 18.0 Å². The van der Waals surface area contributed by atoms with Crippen LogP contribution in [-0.4, -0.2) is 40.8 Å². The number of aryl methyl sites for hydroxylation is 1. The van der Waals surface area contributed by atoms with Crippen LogP contribution in [-0.2, 0) is 20.0 Å². The third-order valence-corrected chi connectivity index (χ3v) is 9.20. The normalized spacial score (nSPS) is 16.1. The molecule has 0 saturated carbocycles. The number of anilines is 1. The maximum absolute atomic E-state index is 13.1. The lowest BCUT2D eigenvalue weighted by Crippen LogP contribution is -2.35. The molecule has 1 saturated heterocycles. The predicted molar refractivity (Wildman–Crippen MR) is 110 cm³/mol. The highest BCUT2D eigenvalue weighted by atomic mass is 32.2. The second kappa shape index (κ2) is 8.40. The summed E-state index contributed by atoms with van der Waals surface area (Å²) in [7, 11) is -7.56. The Morgan fingerprint density at radius 1 is 1.07 bits per heavy atom. The minimum Gasteiger partial charge on any atom is -0.492 e. The fourth-order valence-electron chi connectivity index (χ4n) is 3.05. The van der Waals surface area contributed by atoms with Crippen LogP contribution in [0.4, 0.5) is 5.69 Å². The van der Waals surface area contributed by atoms with Gasteiger partial charge in [-0.05, 0) is 57.0 Å². The number of sulfonamides is 2. The molecule has 1 N–H and O–H groups in total. The lowest BCUT2D eigenvalue weighted by molar-refractivity contribution is 0.323. The lowest BCUT2D eigenvalue weighted by Gasteiger charge is -2.27. The third-order valence-electron chi connectivity index (χ3n) is 4.41. The molecule has 0 amide bonds. The van der Waals surface area contributed by atoms with E-state index in [2.05, 4.69) is 4.72 Å². The van der Waals surface area contributed by atoms with Crippen LogP contribution in [0, 0.1) is 6.92 Å². The Bertz CT molecular complexity index is 1040. The summed E-state index contributed by atoms with van der Waals surface area (Å²) in [5, 5.41) is 0. The van der Waals surface area contributed by atoms with Crippen LogP contribution in [0.3, 0.4) is 0 Å². The van der Waals surface area contributed by atoms with Crippen LogP contribution in [0.2, 0.25) is 0 Å². The zero-order valence-electron chi connectivity index (χ0n) is 15.8. The molecule has 0 aliphatic carbocycles. The molecule has 1 fully saturated rings. The minimum atomic E-state index is -3.79. The highest BCUT2D eigenvalue weighted by Gasteiger charge is 2.30. The number of thiophene rings is 1. The van der Waals surface area contributed by atoms with E-state index in [0.29, 0.717) is 19.7 Å². The van der Waals surface area contributed by atoms with Gasteiger partial charge < -0.3 is 4.74 Å². The van der Waals surface area contributed by atoms with Gasteiger partial charge in [-0.25, -0.2) is 16.8 Å². The Labute approximate surface area is 170 Å². The number of nitrogens with one attached hydrogen (secondary N) is 1. The van der Waals surface area contributed by atoms with E-state index in [0.717, 1.165) is 35.5 Å². The average Bonchev–Trinajstić information content (AvgIpc) is 3.11. The SMILES string of the molecule is CCOc1ccc(NS(=O)(=O)c2ccc(C)s2)cc1S(=O)(=O)N1CCCCC1. The van der Waals surface area contributed by atoms with Crippen LogP contribution >= 0.6 is 11.3 Å². The van der Waals surface area contributed by atoms with Gasteiger partial charge in [0.25, 0.3) is 10.0 Å². The predicted octanol–water partition coefficient (Wildman–Crippen LogP) is 3.43. The Balaban J connectivity index is 1.97. The Hall–Kier alpha value is -1.62. The van der Waals surface area contributed by atoms with Crippen molar-refractivity contribution in [3.63, 3.8) is 0 Å². The van der Waals surface area contributed by atoms with Gasteiger partial charge in [-0.3, -0.25) is 4.72 Å². The molecule has 1 aliphatic heterocycles. The molecule has 0 unspecified atom stereocenters. The van der Waals surface area contributed by atoms with Crippen LogP contribution < -0.4 is 9.46 Å². The Kier molecular flexibility index (Phi) is 6.33. The van der Waals surface area contributed by atoms with E-state index >= 15 is 0 Å². The molecule has 1 aromatic carbocycles. The molecule has 10 heteroatoms. The number of hydrogen-bond donors (Lipinski definition) is 1. The van der Waals surface area contributed by atoms with Crippen molar-refractivity contribution in [2.24, 2.45) is 0 Å². The van der Waals surface area contributed by atoms with Gasteiger partial charge >= 0.3 is 0 Å². The lowest BCUT2D eigenvalue weighted by atomic mass is 10.2. The summed E-state index contributed by atoms with van der Waals surface area (Å²) in [5.74, 6) is 0.225. The maximum atomic E-state index is 13.1. The van der Waals surface area contributed by atoms with Crippen molar-refractivity contribution in [2.45, 2.75) is 42.2 Å². The van der Waals surface area contributed by atoms with Gasteiger partial charge in [-0.15, -0.1) is 11.3 Å². The van der Waals surface area contributed by atoms with Gasteiger partial charge in [0.2, 0.25) is 10.0 Å². The molecule has 28 heavy (non-hydrogen) atoms. The first-order valence-electron chi connectivity index (χ1n) is 9.10. The average molecular weight is 445 g/mol. The van der Waals surface area contributed by atoms with Crippen molar-refractivity contribution in [1.29, 1.82) is 0 Å². The minimum absolute atomic E-state index is 0.0150. The second-order valence-corrected chi connectivity index (χ2v) is 11.6. The quantitative estimate of drug-likeness (QED) is 0.706. The molecule has 2 aromatic rings. The van der Waals surface area contributed by atoms with E-state index in [4.69, 9.17) is 4.74 Å². The summed E-state index contributed by atoms with van der Waals surface area (Å²) in [6, 6.07) is 7.61. The zero-order chi connectivity index (χ0) is 20.4. The molecule has 0 bridgehead atoms. The first-order valence-corrected chi connectivity index (χ1v) is 12.8. The first kappa shape index (κ1) is 21.1. The topological polar surface area (TPSA) is 92.8 Å². The molecule has 0 spiro atoms. The van der Waals surface area contributed by atoms with E-state index in [1.807, 2.05) is 6.92 Å². The highest BCUT2D eigenvalue weighted by molar-refractivity contribution is 7.94. The highest BCUT2D eigenvalue weighted by Crippen LogP contribution is 2.32. The molecule has 154 valence electrons.